The van der Waals surface area contributed by atoms with E-state index in [1.165, 1.54) is 24.9 Å². The number of carbonyl (C=O) groups excluding carboxylic acids is 2. The zero-order valence-corrected chi connectivity index (χ0v) is 16.0. The van der Waals surface area contributed by atoms with Crippen molar-refractivity contribution >= 4 is 56.9 Å². The Balaban J connectivity index is 1.92. The number of methoxy groups -OCH3 is 1. The van der Waals surface area contributed by atoms with Gasteiger partial charge < -0.3 is 10.1 Å². The number of ether oxygens (including phenoxy) is 1. The van der Waals surface area contributed by atoms with Gasteiger partial charge >= 0.3 is 5.97 Å². The van der Waals surface area contributed by atoms with Crippen LogP contribution in [0.15, 0.2) is 46.9 Å². The molecule has 0 aliphatic carbocycles. The van der Waals surface area contributed by atoms with Crippen molar-refractivity contribution in [3.63, 3.8) is 0 Å². The van der Waals surface area contributed by atoms with Crippen LogP contribution in [0.5, 0.6) is 0 Å². The van der Waals surface area contributed by atoms with E-state index in [9.17, 15) is 9.59 Å². The van der Waals surface area contributed by atoms with E-state index in [0.29, 0.717) is 22.0 Å². The molecule has 0 saturated carbocycles. The maximum Gasteiger partial charge on any atom is 0.337 e. The monoisotopic (exact) mass is 427 g/mol. The standard InChI is InChI=1S/C17H15BrClNO3S/c1-23-17(22)11-6-7-14(19)15(8-11)20-16(21)10-24-9-12-4-2-3-5-13(12)18/h2-8H,9-10H2,1H3,(H,20,21). The number of amides is 1. The van der Waals surface area contributed by atoms with Crippen molar-refractivity contribution in [1.82, 2.24) is 0 Å². The molecule has 126 valence electrons. The zero-order valence-electron chi connectivity index (χ0n) is 12.8. The number of benzene rings is 2. The van der Waals surface area contributed by atoms with E-state index in [1.54, 1.807) is 12.1 Å². The molecule has 0 aromatic heterocycles. The van der Waals surface area contributed by atoms with E-state index in [0.717, 1.165) is 10.0 Å². The average Bonchev–Trinajstić information content (AvgIpc) is 2.58. The van der Waals surface area contributed by atoms with E-state index < -0.39 is 5.97 Å². The topological polar surface area (TPSA) is 55.4 Å². The Labute approximate surface area is 158 Å². The second-order valence-electron chi connectivity index (χ2n) is 4.82. The van der Waals surface area contributed by atoms with Crippen LogP contribution in [-0.4, -0.2) is 24.7 Å². The van der Waals surface area contributed by atoms with Crippen molar-refractivity contribution in [3.05, 3.63) is 63.1 Å². The lowest BCUT2D eigenvalue weighted by atomic mass is 10.2. The van der Waals surface area contributed by atoms with Crippen molar-refractivity contribution < 1.29 is 14.3 Å². The first-order valence-electron chi connectivity index (χ1n) is 7.00. The van der Waals surface area contributed by atoms with Gasteiger partial charge in [-0.25, -0.2) is 4.79 Å². The summed E-state index contributed by atoms with van der Waals surface area (Å²) >= 11 is 11.0. The molecular weight excluding hydrogens is 414 g/mol. The Morgan fingerprint density at radius 2 is 2.00 bits per heavy atom. The molecule has 2 aromatic rings. The number of hydrogen-bond donors (Lipinski definition) is 1. The summed E-state index contributed by atoms with van der Waals surface area (Å²) < 4.78 is 5.68. The molecule has 0 fully saturated rings. The van der Waals surface area contributed by atoms with Crippen molar-refractivity contribution in [2.24, 2.45) is 0 Å². The number of anilines is 1. The number of rotatable bonds is 6. The van der Waals surface area contributed by atoms with Crippen LogP contribution < -0.4 is 5.32 Å². The quantitative estimate of drug-likeness (QED) is 0.674. The Bertz CT molecular complexity index is 754. The fourth-order valence-electron chi connectivity index (χ4n) is 1.92. The predicted octanol–water partition coefficient (Wildman–Crippen LogP) is 4.76. The molecule has 1 N–H and O–H groups in total. The summed E-state index contributed by atoms with van der Waals surface area (Å²) in [6.45, 7) is 0. The van der Waals surface area contributed by atoms with Crippen LogP contribution >= 0.6 is 39.3 Å². The molecule has 0 bridgehead atoms. The summed E-state index contributed by atoms with van der Waals surface area (Å²) in [6, 6.07) is 12.5. The fourth-order valence-corrected chi connectivity index (χ4v) is 3.53. The minimum absolute atomic E-state index is 0.184. The first-order chi connectivity index (χ1) is 11.5. The van der Waals surface area contributed by atoms with Gasteiger partial charge in [0, 0.05) is 10.2 Å². The lowest BCUT2D eigenvalue weighted by Gasteiger charge is -2.09. The highest BCUT2D eigenvalue weighted by Crippen LogP contribution is 2.25. The average molecular weight is 429 g/mol. The molecule has 0 saturated heterocycles. The van der Waals surface area contributed by atoms with Crippen LogP contribution in [0.4, 0.5) is 5.69 Å². The largest absolute Gasteiger partial charge is 0.465 e. The molecule has 2 aromatic carbocycles. The van der Waals surface area contributed by atoms with Crippen LogP contribution in [0.1, 0.15) is 15.9 Å². The smallest absolute Gasteiger partial charge is 0.337 e. The van der Waals surface area contributed by atoms with Gasteiger partial charge in [-0.3, -0.25) is 4.79 Å². The molecule has 0 aliphatic rings. The summed E-state index contributed by atoms with van der Waals surface area (Å²) in [7, 11) is 1.30. The van der Waals surface area contributed by atoms with Gasteiger partial charge in [-0.2, -0.15) is 0 Å². The minimum Gasteiger partial charge on any atom is -0.465 e. The van der Waals surface area contributed by atoms with E-state index in [1.807, 2.05) is 24.3 Å². The van der Waals surface area contributed by atoms with Gasteiger partial charge in [-0.1, -0.05) is 45.7 Å². The van der Waals surface area contributed by atoms with Crippen LogP contribution in [-0.2, 0) is 15.3 Å². The summed E-state index contributed by atoms with van der Waals surface area (Å²) in [5.41, 5.74) is 1.85. The highest BCUT2D eigenvalue weighted by atomic mass is 79.9. The van der Waals surface area contributed by atoms with Crippen molar-refractivity contribution in [2.45, 2.75) is 5.75 Å². The third kappa shape index (κ3) is 5.26. The summed E-state index contributed by atoms with van der Waals surface area (Å²) in [5, 5.41) is 3.09. The van der Waals surface area contributed by atoms with E-state index in [4.69, 9.17) is 11.6 Å². The number of thioether (sulfide) groups is 1. The van der Waals surface area contributed by atoms with Crippen LogP contribution in [0.25, 0.3) is 0 Å². The van der Waals surface area contributed by atoms with Crippen molar-refractivity contribution in [1.29, 1.82) is 0 Å². The van der Waals surface area contributed by atoms with Gasteiger partial charge in [0.1, 0.15) is 0 Å². The van der Waals surface area contributed by atoms with E-state index in [-0.39, 0.29) is 11.7 Å². The van der Waals surface area contributed by atoms with E-state index >= 15 is 0 Å². The van der Waals surface area contributed by atoms with Gasteiger partial charge in [0.25, 0.3) is 0 Å². The maximum atomic E-state index is 12.1. The summed E-state index contributed by atoms with van der Waals surface area (Å²) in [5.74, 6) is 0.326. The number of esters is 1. The predicted molar refractivity (Wildman–Crippen MR) is 102 cm³/mol. The number of nitrogens with one attached hydrogen (secondary N) is 1. The van der Waals surface area contributed by atoms with Gasteiger partial charge in [0.05, 0.1) is 29.1 Å². The van der Waals surface area contributed by atoms with Crippen LogP contribution in [0.2, 0.25) is 5.02 Å². The summed E-state index contributed by atoms with van der Waals surface area (Å²) in [6.07, 6.45) is 0. The highest BCUT2D eigenvalue weighted by Gasteiger charge is 2.11. The first kappa shape index (κ1) is 18.8. The highest BCUT2D eigenvalue weighted by molar-refractivity contribution is 9.10. The molecular formula is C17H15BrClNO3S. The third-order valence-electron chi connectivity index (χ3n) is 3.11. The molecule has 0 unspecified atom stereocenters. The van der Waals surface area contributed by atoms with Gasteiger partial charge in [0.2, 0.25) is 5.91 Å². The first-order valence-corrected chi connectivity index (χ1v) is 9.32. The molecule has 7 heteroatoms. The lowest BCUT2D eigenvalue weighted by Crippen LogP contribution is -2.15. The molecule has 1 amide bonds. The van der Waals surface area contributed by atoms with Crippen molar-refractivity contribution in [2.75, 3.05) is 18.2 Å². The van der Waals surface area contributed by atoms with Crippen LogP contribution in [0.3, 0.4) is 0 Å². The molecule has 24 heavy (non-hydrogen) atoms. The molecule has 4 nitrogen and oxygen atoms in total. The lowest BCUT2D eigenvalue weighted by molar-refractivity contribution is -0.113. The number of hydrogen-bond acceptors (Lipinski definition) is 4. The number of carbonyl (C=O) groups is 2. The number of halogens is 2. The second kappa shape index (κ2) is 9.11. The maximum absolute atomic E-state index is 12.1. The molecule has 0 spiro atoms. The second-order valence-corrected chi connectivity index (χ2v) is 7.07. The Hall–Kier alpha value is -1.50. The normalized spacial score (nSPS) is 10.3. The van der Waals surface area contributed by atoms with Gasteiger partial charge in [-0.05, 0) is 29.8 Å². The minimum atomic E-state index is -0.481. The molecule has 0 heterocycles. The molecule has 0 aliphatic heterocycles. The summed E-state index contributed by atoms with van der Waals surface area (Å²) in [4.78, 5) is 23.6. The Kier molecular flexibility index (Phi) is 7.15. The van der Waals surface area contributed by atoms with E-state index in [2.05, 4.69) is 26.0 Å². The van der Waals surface area contributed by atoms with Crippen molar-refractivity contribution in [3.8, 4) is 0 Å². The van der Waals surface area contributed by atoms with Gasteiger partial charge in [0.15, 0.2) is 0 Å². The van der Waals surface area contributed by atoms with Gasteiger partial charge in [-0.15, -0.1) is 11.8 Å². The molecule has 2 rings (SSSR count). The third-order valence-corrected chi connectivity index (χ3v) is 5.19. The Morgan fingerprint density at radius 1 is 1.25 bits per heavy atom. The molecule has 0 radical (unpaired) electrons. The Morgan fingerprint density at radius 3 is 2.71 bits per heavy atom. The fraction of sp³-hybridized carbons (Fsp3) is 0.176. The van der Waals surface area contributed by atoms with Crippen LogP contribution in [0, 0.1) is 0 Å². The zero-order chi connectivity index (χ0) is 17.5. The molecule has 0 atom stereocenters. The SMILES string of the molecule is COC(=O)c1ccc(Cl)c(NC(=O)CSCc2ccccc2Br)c1.